The van der Waals surface area contributed by atoms with Gasteiger partial charge in [0, 0.05) is 5.69 Å². The van der Waals surface area contributed by atoms with Crippen LogP contribution in [0.25, 0.3) is 0 Å². The van der Waals surface area contributed by atoms with Gasteiger partial charge in [0.15, 0.2) is 0 Å². The van der Waals surface area contributed by atoms with E-state index in [4.69, 9.17) is 5.11 Å². The molecule has 8 heteroatoms. The van der Waals surface area contributed by atoms with E-state index < -0.39 is 29.2 Å². The van der Waals surface area contributed by atoms with E-state index in [1.165, 1.54) is 11.8 Å². The lowest BCUT2D eigenvalue weighted by molar-refractivity contribution is -0.137. The molecule has 0 aromatic heterocycles. The minimum Gasteiger partial charge on any atom is -0.478 e. The highest BCUT2D eigenvalue weighted by Crippen LogP contribution is 2.33. The molecule has 1 atom stereocenters. The molecule has 1 amide bonds. The SMILES string of the molecule is O=C(O)c1cc(NC(=O)C2CCCS2)cc(C(F)(F)F)c1. The van der Waals surface area contributed by atoms with E-state index in [-0.39, 0.29) is 10.9 Å². The van der Waals surface area contributed by atoms with Gasteiger partial charge in [-0.3, -0.25) is 4.79 Å². The molecule has 0 spiro atoms. The first-order chi connectivity index (χ1) is 9.77. The van der Waals surface area contributed by atoms with Crippen molar-refractivity contribution in [2.24, 2.45) is 0 Å². The van der Waals surface area contributed by atoms with Crippen LogP contribution < -0.4 is 5.32 Å². The number of halogens is 3. The summed E-state index contributed by atoms with van der Waals surface area (Å²) in [5.74, 6) is -1.04. The monoisotopic (exact) mass is 319 g/mol. The van der Waals surface area contributed by atoms with Gasteiger partial charge < -0.3 is 10.4 Å². The Bertz CT molecular complexity index is 568. The first-order valence-corrected chi connectivity index (χ1v) is 7.20. The molecule has 1 saturated heterocycles. The Hall–Kier alpha value is -1.70. The topological polar surface area (TPSA) is 66.4 Å². The van der Waals surface area contributed by atoms with Crippen LogP contribution in [0.1, 0.15) is 28.8 Å². The molecule has 0 saturated carbocycles. The summed E-state index contributed by atoms with van der Waals surface area (Å²) < 4.78 is 38.2. The van der Waals surface area contributed by atoms with Gasteiger partial charge in [0.1, 0.15) is 0 Å². The standard InChI is InChI=1S/C13H12F3NO3S/c14-13(15,16)8-4-7(12(19)20)5-9(6-8)17-11(18)10-2-1-3-21-10/h4-6,10H,1-3H2,(H,17,18)(H,19,20). The Balaban J connectivity index is 2.27. The van der Waals surface area contributed by atoms with Crippen LogP contribution in [0.5, 0.6) is 0 Å². The lowest BCUT2D eigenvalue weighted by Crippen LogP contribution is -2.23. The Kier molecular flexibility index (Phi) is 4.46. The average molecular weight is 319 g/mol. The summed E-state index contributed by atoms with van der Waals surface area (Å²) in [7, 11) is 0. The second kappa shape index (κ2) is 5.97. The zero-order chi connectivity index (χ0) is 15.6. The van der Waals surface area contributed by atoms with Gasteiger partial charge in [-0.15, -0.1) is 11.8 Å². The van der Waals surface area contributed by atoms with Crippen molar-refractivity contribution in [3.8, 4) is 0 Å². The van der Waals surface area contributed by atoms with E-state index in [0.29, 0.717) is 12.5 Å². The molecule has 1 unspecified atom stereocenters. The number of carbonyl (C=O) groups is 2. The number of carbonyl (C=O) groups excluding carboxylic acids is 1. The second-order valence-electron chi connectivity index (χ2n) is 4.59. The fourth-order valence-electron chi connectivity index (χ4n) is 1.99. The highest BCUT2D eigenvalue weighted by Gasteiger charge is 2.32. The molecule has 2 N–H and O–H groups in total. The third-order valence-corrected chi connectivity index (χ3v) is 4.37. The van der Waals surface area contributed by atoms with Gasteiger partial charge in [0.2, 0.25) is 5.91 Å². The molecule has 2 rings (SSSR count). The zero-order valence-electron chi connectivity index (χ0n) is 10.7. The second-order valence-corrected chi connectivity index (χ2v) is 5.90. The number of benzene rings is 1. The first kappa shape index (κ1) is 15.7. The van der Waals surface area contributed by atoms with Crippen molar-refractivity contribution in [2.75, 3.05) is 11.1 Å². The van der Waals surface area contributed by atoms with Gasteiger partial charge in [-0.2, -0.15) is 13.2 Å². The molecular formula is C13H12F3NO3S. The zero-order valence-corrected chi connectivity index (χ0v) is 11.6. The molecule has 4 nitrogen and oxygen atoms in total. The van der Waals surface area contributed by atoms with Crippen molar-refractivity contribution < 1.29 is 27.9 Å². The molecule has 1 aromatic rings. The minimum atomic E-state index is -4.67. The number of thioether (sulfide) groups is 1. The predicted molar refractivity (Wildman–Crippen MR) is 72.5 cm³/mol. The minimum absolute atomic E-state index is 0.153. The molecular weight excluding hydrogens is 307 g/mol. The van der Waals surface area contributed by atoms with Crippen molar-refractivity contribution in [2.45, 2.75) is 24.3 Å². The number of aromatic carboxylic acids is 1. The molecule has 21 heavy (non-hydrogen) atoms. The highest BCUT2D eigenvalue weighted by atomic mass is 32.2. The predicted octanol–water partition coefficient (Wildman–Crippen LogP) is 3.24. The van der Waals surface area contributed by atoms with Gasteiger partial charge in [-0.25, -0.2) is 4.79 Å². The summed E-state index contributed by atoms with van der Waals surface area (Å²) in [6, 6.07) is 2.31. The maximum Gasteiger partial charge on any atom is 0.416 e. The fourth-order valence-corrected chi connectivity index (χ4v) is 3.16. The van der Waals surface area contributed by atoms with Crippen molar-refractivity contribution in [3.05, 3.63) is 29.3 Å². The van der Waals surface area contributed by atoms with E-state index in [1.807, 2.05) is 0 Å². The highest BCUT2D eigenvalue weighted by molar-refractivity contribution is 8.00. The number of hydrogen-bond donors (Lipinski definition) is 2. The number of carboxylic acid groups (broad SMARTS) is 1. The van der Waals surface area contributed by atoms with Gasteiger partial charge in [0.25, 0.3) is 0 Å². The van der Waals surface area contributed by atoms with Crippen LogP contribution in [0.15, 0.2) is 18.2 Å². The van der Waals surface area contributed by atoms with Crippen LogP contribution in [-0.2, 0) is 11.0 Å². The number of carboxylic acids is 1. The number of nitrogens with one attached hydrogen (secondary N) is 1. The summed E-state index contributed by atoms with van der Waals surface area (Å²) in [6.07, 6.45) is -3.12. The molecule has 114 valence electrons. The number of hydrogen-bond acceptors (Lipinski definition) is 3. The van der Waals surface area contributed by atoms with Crippen LogP contribution in [0.4, 0.5) is 18.9 Å². The molecule has 0 bridgehead atoms. The molecule has 1 aliphatic heterocycles. The van der Waals surface area contributed by atoms with Crippen LogP contribution in [-0.4, -0.2) is 28.0 Å². The van der Waals surface area contributed by atoms with Crippen molar-refractivity contribution in [1.29, 1.82) is 0 Å². The molecule has 1 aromatic carbocycles. The normalized spacial score (nSPS) is 18.5. The van der Waals surface area contributed by atoms with E-state index in [0.717, 1.165) is 24.3 Å². The summed E-state index contributed by atoms with van der Waals surface area (Å²) in [6.45, 7) is 0. The van der Waals surface area contributed by atoms with E-state index in [1.54, 1.807) is 0 Å². The maximum absolute atomic E-state index is 12.7. The van der Waals surface area contributed by atoms with E-state index >= 15 is 0 Å². The third-order valence-electron chi connectivity index (χ3n) is 3.00. The number of amides is 1. The maximum atomic E-state index is 12.7. The fraction of sp³-hybridized carbons (Fsp3) is 0.385. The largest absolute Gasteiger partial charge is 0.478 e. The molecule has 0 radical (unpaired) electrons. The molecule has 1 heterocycles. The lowest BCUT2D eigenvalue weighted by atomic mass is 10.1. The van der Waals surface area contributed by atoms with Gasteiger partial charge in [-0.1, -0.05) is 0 Å². The smallest absolute Gasteiger partial charge is 0.416 e. The number of alkyl halides is 3. The van der Waals surface area contributed by atoms with Crippen LogP contribution in [0.3, 0.4) is 0 Å². The number of anilines is 1. The van der Waals surface area contributed by atoms with E-state index in [9.17, 15) is 22.8 Å². The molecule has 0 aliphatic carbocycles. The first-order valence-electron chi connectivity index (χ1n) is 6.15. The Morgan fingerprint density at radius 1 is 1.29 bits per heavy atom. The van der Waals surface area contributed by atoms with Crippen LogP contribution >= 0.6 is 11.8 Å². The number of rotatable bonds is 3. The van der Waals surface area contributed by atoms with Crippen LogP contribution in [0.2, 0.25) is 0 Å². The van der Waals surface area contributed by atoms with Gasteiger partial charge in [0.05, 0.1) is 16.4 Å². The Labute approximate surface area is 122 Å². The Morgan fingerprint density at radius 2 is 2.00 bits per heavy atom. The summed E-state index contributed by atoms with van der Waals surface area (Å²) in [5, 5.41) is 10.9. The van der Waals surface area contributed by atoms with Crippen molar-refractivity contribution in [3.63, 3.8) is 0 Å². The average Bonchev–Trinajstić information content (AvgIpc) is 2.91. The lowest BCUT2D eigenvalue weighted by Gasteiger charge is -2.13. The summed E-state index contributed by atoms with van der Waals surface area (Å²) in [5.41, 5.74) is -1.77. The molecule has 1 aliphatic rings. The summed E-state index contributed by atoms with van der Waals surface area (Å²) in [4.78, 5) is 22.8. The summed E-state index contributed by atoms with van der Waals surface area (Å²) >= 11 is 1.44. The quantitative estimate of drug-likeness (QED) is 0.897. The third kappa shape index (κ3) is 3.90. The Morgan fingerprint density at radius 3 is 2.52 bits per heavy atom. The van der Waals surface area contributed by atoms with Gasteiger partial charge in [-0.05, 0) is 36.8 Å². The van der Waals surface area contributed by atoms with Crippen LogP contribution in [0, 0.1) is 0 Å². The van der Waals surface area contributed by atoms with Crippen molar-refractivity contribution in [1.82, 2.24) is 0 Å². The van der Waals surface area contributed by atoms with Crippen molar-refractivity contribution >= 4 is 29.3 Å². The van der Waals surface area contributed by atoms with E-state index in [2.05, 4.69) is 5.32 Å². The van der Waals surface area contributed by atoms with Gasteiger partial charge >= 0.3 is 12.1 Å². The molecule has 1 fully saturated rings.